The summed E-state index contributed by atoms with van der Waals surface area (Å²) in [6.07, 6.45) is 4.42. The van der Waals surface area contributed by atoms with Gasteiger partial charge in [-0.1, -0.05) is 36.2 Å². The molecule has 1 aromatic rings. The first-order chi connectivity index (χ1) is 9.56. The number of ether oxygens (including phenoxy) is 1. The first-order valence-corrected chi connectivity index (χ1v) is 7.68. The summed E-state index contributed by atoms with van der Waals surface area (Å²) in [6, 6.07) is 5.37. The van der Waals surface area contributed by atoms with E-state index in [1.807, 2.05) is 0 Å². The van der Waals surface area contributed by atoms with Crippen LogP contribution in [0.15, 0.2) is 18.2 Å². The van der Waals surface area contributed by atoms with E-state index in [0.29, 0.717) is 15.8 Å². The second-order valence-corrected chi connectivity index (χ2v) is 6.18. The average Bonchev–Trinajstić information content (AvgIpc) is 2.41. The lowest BCUT2D eigenvalue weighted by Crippen LogP contribution is -2.39. The molecule has 1 aromatic carbocycles. The van der Waals surface area contributed by atoms with Crippen LogP contribution in [0.3, 0.4) is 0 Å². The van der Waals surface area contributed by atoms with E-state index in [0.717, 1.165) is 18.8 Å². The van der Waals surface area contributed by atoms with Crippen molar-refractivity contribution in [1.82, 2.24) is 5.32 Å². The van der Waals surface area contributed by atoms with Gasteiger partial charge < -0.3 is 10.1 Å². The lowest BCUT2D eigenvalue weighted by atomic mass is 9.87. The molecule has 1 aliphatic carbocycles. The van der Waals surface area contributed by atoms with E-state index in [1.54, 1.807) is 18.2 Å². The quantitative estimate of drug-likeness (QED) is 0.909. The van der Waals surface area contributed by atoms with Crippen LogP contribution < -0.4 is 10.1 Å². The Labute approximate surface area is 129 Å². The van der Waals surface area contributed by atoms with E-state index in [1.165, 1.54) is 12.8 Å². The molecule has 0 radical (unpaired) electrons. The fourth-order valence-corrected chi connectivity index (χ4v) is 2.94. The summed E-state index contributed by atoms with van der Waals surface area (Å²) >= 11 is 12.0. The van der Waals surface area contributed by atoms with Crippen LogP contribution in [0.5, 0.6) is 5.75 Å². The van der Waals surface area contributed by atoms with Crippen molar-refractivity contribution < 1.29 is 9.53 Å². The highest BCUT2D eigenvalue weighted by Crippen LogP contribution is 2.32. The number of nitrogens with one attached hydrogen (secondary N) is 1. The van der Waals surface area contributed by atoms with Gasteiger partial charge in [-0.25, -0.2) is 0 Å². The van der Waals surface area contributed by atoms with Gasteiger partial charge in [0.2, 0.25) is 0 Å². The van der Waals surface area contributed by atoms with Crippen molar-refractivity contribution in [2.45, 2.75) is 38.6 Å². The predicted molar refractivity (Wildman–Crippen MR) is 81.5 cm³/mol. The van der Waals surface area contributed by atoms with Gasteiger partial charge in [0.1, 0.15) is 0 Å². The van der Waals surface area contributed by atoms with Crippen LogP contribution in [0, 0.1) is 5.92 Å². The fraction of sp³-hybridized carbons (Fsp3) is 0.533. The summed E-state index contributed by atoms with van der Waals surface area (Å²) in [6.45, 7) is 2.19. The molecule has 1 fully saturated rings. The second-order valence-electron chi connectivity index (χ2n) is 5.36. The smallest absolute Gasteiger partial charge is 0.258 e. The van der Waals surface area contributed by atoms with Crippen LogP contribution in [0.4, 0.5) is 0 Å². The zero-order valence-electron chi connectivity index (χ0n) is 11.5. The molecular formula is C15H19Cl2NO2. The van der Waals surface area contributed by atoms with Crippen LogP contribution in [0.25, 0.3) is 0 Å². The Balaban J connectivity index is 1.80. The standard InChI is InChI=1S/C15H19Cl2NO2/c1-10-5-7-11(8-6-10)18-14(19)9-20-15-12(16)3-2-4-13(15)17/h2-4,10-11H,5-9H2,1H3,(H,18,19). The molecule has 0 heterocycles. The van der Waals surface area contributed by atoms with E-state index >= 15 is 0 Å². The first kappa shape index (κ1) is 15.5. The molecule has 2 rings (SSSR count). The van der Waals surface area contributed by atoms with Crippen LogP contribution in [-0.2, 0) is 4.79 Å². The summed E-state index contributed by atoms with van der Waals surface area (Å²) in [5, 5.41) is 3.83. The minimum absolute atomic E-state index is 0.0600. The number of benzene rings is 1. The molecule has 0 spiro atoms. The Morgan fingerprint density at radius 2 is 1.85 bits per heavy atom. The Bertz CT molecular complexity index is 451. The molecule has 3 nitrogen and oxygen atoms in total. The lowest BCUT2D eigenvalue weighted by Gasteiger charge is -2.26. The van der Waals surface area contributed by atoms with E-state index in [9.17, 15) is 4.79 Å². The van der Waals surface area contributed by atoms with Gasteiger partial charge in [-0.15, -0.1) is 0 Å². The highest BCUT2D eigenvalue weighted by molar-refractivity contribution is 6.37. The highest BCUT2D eigenvalue weighted by Gasteiger charge is 2.20. The maximum Gasteiger partial charge on any atom is 0.258 e. The number of hydrogen-bond acceptors (Lipinski definition) is 2. The van der Waals surface area contributed by atoms with Crippen LogP contribution >= 0.6 is 23.2 Å². The molecule has 0 unspecified atom stereocenters. The van der Waals surface area contributed by atoms with Gasteiger partial charge in [-0.3, -0.25) is 4.79 Å². The van der Waals surface area contributed by atoms with E-state index < -0.39 is 0 Å². The SMILES string of the molecule is CC1CCC(NC(=O)COc2c(Cl)cccc2Cl)CC1. The van der Waals surface area contributed by atoms with Crippen LogP contribution in [-0.4, -0.2) is 18.6 Å². The third-order valence-electron chi connectivity index (χ3n) is 3.65. The molecule has 0 aromatic heterocycles. The summed E-state index contributed by atoms with van der Waals surface area (Å²) in [5.41, 5.74) is 0. The lowest BCUT2D eigenvalue weighted by molar-refractivity contribution is -0.124. The number of halogens is 2. The van der Waals surface area contributed by atoms with Crippen molar-refractivity contribution in [3.63, 3.8) is 0 Å². The molecular weight excluding hydrogens is 297 g/mol. The van der Waals surface area contributed by atoms with E-state index in [2.05, 4.69) is 12.2 Å². The Hall–Kier alpha value is -0.930. The number of para-hydroxylation sites is 1. The molecule has 1 aliphatic rings. The second kappa shape index (κ2) is 7.19. The van der Waals surface area contributed by atoms with Crippen molar-refractivity contribution in [3.05, 3.63) is 28.2 Å². The molecule has 1 amide bonds. The summed E-state index contributed by atoms with van der Waals surface area (Å²) < 4.78 is 5.42. The third kappa shape index (κ3) is 4.29. The monoisotopic (exact) mass is 315 g/mol. The number of hydrogen-bond donors (Lipinski definition) is 1. The zero-order valence-corrected chi connectivity index (χ0v) is 13.0. The van der Waals surface area contributed by atoms with Gasteiger partial charge in [0.05, 0.1) is 10.0 Å². The summed E-state index contributed by atoms with van der Waals surface area (Å²) in [5.74, 6) is 1.00. The minimum atomic E-state index is -0.125. The van der Waals surface area contributed by atoms with Gasteiger partial charge in [0, 0.05) is 6.04 Å². The molecule has 1 N–H and O–H groups in total. The molecule has 110 valence electrons. The Kier molecular flexibility index (Phi) is 5.55. The van der Waals surface area contributed by atoms with Gasteiger partial charge in [0.15, 0.2) is 12.4 Å². The Morgan fingerprint density at radius 1 is 1.25 bits per heavy atom. The third-order valence-corrected chi connectivity index (χ3v) is 4.24. The van der Waals surface area contributed by atoms with Gasteiger partial charge in [0.25, 0.3) is 5.91 Å². The van der Waals surface area contributed by atoms with Crippen molar-refractivity contribution >= 4 is 29.1 Å². The molecule has 0 atom stereocenters. The predicted octanol–water partition coefficient (Wildman–Crippen LogP) is 4.07. The summed E-state index contributed by atoms with van der Waals surface area (Å²) in [7, 11) is 0. The maximum atomic E-state index is 11.9. The van der Waals surface area contributed by atoms with E-state index in [-0.39, 0.29) is 18.6 Å². The molecule has 20 heavy (non-hydrogen) atoms. The maximum absolute atomic E-state index is 11.9. The number of carbonyl (C=O) groups excluding carboxylic acids is 1. The first-order valence-electron chi connectivity index (χ1n) is 6.92. The van der Waals surface area contributed by atoms with Gasteiger partial charge >= 0.3 is 0 Å². The molecule has 0 bridgehead atoms. The minimum Gasteiger partial charge on any atom is -0.481 e. The van der Waals surface area contributed by atoms with Crippen LogP contribution in [0.2, 0.25) is 10.0 Å². The summed E-state index contributed by atoms with van der Waals surface area (Å²) in [4.78, 5) is 11.9. The van der Waals surface area contributed by atoms with Gasteiger partial charge in [-0.05, 0) is 43.7 Å². The number of rotatable bonds is 4. The van der Waals surface area contributed by atoms with Gasteiger partial charge in [-0.2, -0.15) is 0 Å². The average molecular weight is 316 g/mol. The molecule has 5 heteroatoms. The topological polar surface area (TPSA) is 38.3 Å². The van der Waals surface area contributed by atoms with Crippen molar-refractivity contribution in [2.24, 2.45) is 5.92 Å². The zero-order chi connectivity index (χ0) is 14.5. The van der Waals surface area contributed by atoms with Crippen molar-refractivity contribution in [2.75, 3.05) is 6.61 Å². The number of amides is 1. The molecule has 1 saturated carbocycles. The fourth-order valence-electron chi connectivity index (χ4n) is 2.43. The van der Waals surface area contributed by atoms with Crippen molar-refractivity contribution in [1.29, 1.82) is 0 Å². The number of carbonyl (C=O) groups is 1. The van der Waals surface area contributed by atoms with Crippen LogP contribution in [0.1, 0.15) is 32.6 Å². The highest BCUT2D eigenvalue weighted by atomic mass is 35.5. The Morgan fingerprint density at radius 3 is 2.45 bits per heavy atom. The molecule has 0 aliphatic heterocycles. The van der Waals surface area contributed by atoms with E-state index in [4.69, 9.17) is 27.9 Å². The largest absolute Gasteiger partial charge is 0.481 e. The normalized spacial score (nSPS) is 22.4. The molecule has 0 saturated heterocycles. The van der Waals surface area contributed by atoms with Crippen molar-refractivity contribution in [3.8, 4) is 5.75 Å².